The van der Waals surface area contributed by atoms with Crippen molar-refractivity contribution in [2.75, 3.05) is 44.2 Å². The predicted molar refractivity (Wildman–Crippen MR) is 151 cm³/mol. The van der Waals surface area contributed by atoms with Crippen LogP contribution in [0, 0.1) is 5.41 Å². The quantitative estimate of drug-likeness (QED) is 0.569. The third-order valence-electron chi connectivity index (χ3n) is 9.33. The van der Waals surface area contributed by atoms with E-state index in [-0.39, 0.29) is 43.2 Å². The molecule has 6 rings (SSSR count). The summed E-state index contributed by atoms with van der Waals surface area (Å²) in [6.45, 7) is 5.29. The number of carbonyl (C=O) groups excluding carboxylic acids is 2. The number of hydrogen-bond donors (Lipinski definition) is 2. The molecule has 0 radical (unpaired) electrons. The monoisotopic (exact) mass is 574 g/mol. The topological polar surface area (TPSA) is 76.1 Å². The van der Waals surface area contributed by atoms with Crippen LogP contribution in [0.2, 0.25) is 0 Å². The highest BCUT2D eigenvalue weighted by Crippen LogP contribution is 2.65. The van der Waals surface area contributed by atoms with Gasteiger partial charge in [-0.2, -0.15) is 0 Å². The molecule has 216 valence electrons. The number of nitrogens with one attached hydrogen (secondary N) is 1. The van der Waals surface area contributed by atoms with E-state index in [0.29, 0.717) is 75.3 Å². The molecule has 0 aromatic heterocycles. The molecule has 4 aliphatic rings. The van der Waals surface area contributed by atoms with Crippen LogP contribution in [0.5, 0.6) is 0 Å². The number of carbonyl (C=O) groups is 2. The van der Waals surface area contributed by atoms with E-state index < -0.39 is 17.4 Å². The molecule has 1 unspecified atom stereocenters. The van der Waals surface area contributed by atoms with Crippen molar-refractivity contribution >= 4 is 29.9 Å². The van der Waals surface area contributed by atoms with Gasteiger partial charge < -0.3 is 25.1 Å². The van der Waals surface area contributed by atoms with E-state index in [4.69, 9.17) is 0 Å². The molecule has 2 amide bonds. The van der Waals surface area contributed by atoms with Gasteiger partial charge >= 0.3 is 0 Å². The van der Waals surface area contributed by atoms with Crippen molar-refractivity contribution in [2.45, 2.75) is 57.2 Å². The first kappa shape index (κ1) is 28.8. The van der Waals surface area contributed by atoms with Gasteiger partial charge in [-0.3, -0.25) is 9.59 Å². The largest absolute Gasteiger partial charge is 0.390 e. The summed E-state index contributed by atoms with van der Waals surface area (Å²) in [7, 11) is 0. The zero-order valence-corrected chi connectivity index (χ0v) is 23.6. The molecular weight excluding hydrogens is 538 g/mol. The van der Waals surface area contributed by atoms with Gasteiger partial charge in [0.15, 0.2) is 0 Å². The number of aliphatic hydroxyl groups excluding tert-OH is 1. The molecule has 1 saturated carbocycles. The zero-order valence-electron chi connectivity index (χ0n) is 22.7. The number of likely N-dealkylation sites (tertiary alicyclic amines) is 1. The van der Waals surface area contributed by atoms with E-state index in [1.807, 2.05) is 19.1 Å². The average molecular weight is 575 g/mol. The maximum atomic E-state index is 13.8. The molecule has 2 atom stereocenters. The van der Waals surface area contributed by atoms with E-state index in [0.717, 1.165) is 0 Å². The van der Waals surface area contributed by atoms with Gasteiger partial charge in [0, 0.05) is 69.3 Å². The van der Waals surface area contributed by atoms with Gasteiger partial charge in [0.1, 0.15) is 0 Å². The fraction of sp³-hybridized carbons (Fsp3) is 0.533. The molecule has 3 aliphatic heterocycles. The van der Waals surface area contributed by atoms with Crippen molar-refractivity contribution < 1.29 is 23.5 Å². The molecule has 1 saturated heterocycles. The molecule has 7 nitrogen and oxygen atoms in total. The smallest absolute Gasteiger partial charge is 0.256 e. The van der Waals surface area contributed by atoms with E-state index in [1.54, 1.807) is 28.0 Å². The number of aliphatic hydroxyl groups is 1. The summed E-state index contributed by atoms with van der Waals surface area (Å²) in [6, 6.07) is 13.2. The lowest BCUT2D eigenvalue weighted by molar-refractivity contribution is 0.0284. The van der Waals surface area contributed by atoms with E-state index in [9.17, 15) is 23.5 Å². The Balaban J connectivity index is 0.00000323. The Morgan fingerprint density at radius 3 is 2.42 bits per heavy atom. The zero-order chi connectivity index (χ0) is 27.4. The summed E-state index contributed by atoms with van der Waals surface area (Å²) < 4.78 is 27.6. The number of β-amino-alcohol motifs (C(OH)–C–C–N with tert-alkyl or cyclic N) is 1. The van der Waals surface area contributed by atoms with Crippen LogP contribution in [0.3, 0.4) is 0 Å². The fourth-order valence-electron chi connectivity index (χ4n) is 6.59. The van der Waals surface area contributed by atoms with Crippen LogP contribution in [0.1, 0.15) is 58.0 Å². The van der Waals surface area contributed by atoms with Gasteiger partial charge in [-0.25, -0.2) is 8.78 Å². The van der Waals surface area contributed by atoms with Gasteiger partial charge in [-0.15, -0.1) is 12.4 Å². The number of nitrogens with zero attached hydrogens (tertiary/aromatic N) is 3. The Hall–Kier alpha value is -2.75. The van der Waals surface area contributed by atoms with Crippen molar-refractivity contribution in [3.05, 3.63) is 64.7 Å². The summed E-state index contributed by atoms with van der Waals surface area (Å²) in [6.07, 6.45) is 0.576. The Bertz CT molecular complexity index is 1280. The summed E-state index contributed by atoms with van der Waals surface area (Å²) in [5.74, 6) is -2.93. The molecule has 2 N–H and O–H groups in total. The maximum absolute atomic E-state index is 13.8. The highest BCUT2D eigenvalue weighted by molar-refractivity contribution is 6.03. The number of fused-ring (bicyclic) bond motifs is 2. The first-order chi connectivity index (χ1) is 18.7. The number of piperidine rings is 1. The van der Waals surface area contributed by atoms with Crippen LogP contribution in [0.25, 0.3) is 0 Å². The number of halogens is 3. The van der Waals surface area contributed by atoms with Crippen molar-refractivity contribution in [2.24, 2.45) is 5.41 Å². The molecule has 0 bridgehead atoms. The van der Waals surface area contributed by atoms with Crippen molar-refractivity contribution in [3.63, 3.8) is 0 Å². The van der Waals surface area contributed by atoms with Crippen LogP contribution in [-0.2, 0) is 13.0 Å². The number of hydrogen-bond acceptors (Lipinski definition) is 5. The first-order valence-electron chi connectivity index (χ1n) is 14.0. The molecule has 1 spiro atoms. The summed E-state index contributed by atoms with van der Waals surface area (Å²) in [5.41, 5.74) is 3.23. The second-order valence-corrected chi connectivity index (χ2v) is 11.5. The Labute approximate surface area is 239 Å². The molecule has 10 heteroatoms. The second-order valence-electron chi connectivity index (χ2n) is 11.5. The third kappa shape index (κ3) is 5.08. The minimum atomic E-state index is -2.59. The van der Waals surface area contributed by atoms with E-state index in [2.05, 4.69) is 22.3 Å². The number of likely N-dealkylation sites (N-methyl/N-ethyl adjacent to an activating group) is 1. The van der Waals surface area contributed by atoms with E-state index >= 15 is 0 Å². The van der Waals surface area contributed by atoms with Crippen LogP contribution >= 0.6 is 12.4 Å². The average Bonchev–Trinajstić information content (AvgIpc) is 3.53. The van der Waals surface area contributed by atoms with Crippen LogP contribution in [0.15, 0.2) is 42.5 Å². The van der Waals surface area contributed by atoms with Gasteiger partial charge in [-0.05, 0) is 55.5 Å². The van der Waals surface area contributed by atoms with Gasteiger partial charge in [0.05, 0.1) is 17.4 Å². The van der Waals surface area contributed by atoms with Crippen LogP contribution in [-0.4, -0.2) is 84.1 Å². The molecular formula is C30H37ClF2N4O3. The Kier molecular flexibility index (Phi) is 7.85. The normalized spacial score (nSPS) is 23.6. The standard InChI is InChI=1S/C30H36F2N4O3.ClH/c1-2-34-13-14-36(18-26(37)24-15-20-5-3-4-6-22(20)17-33-24)28(39)23-8-7-21(16-25(23)34)27(38)35-11-9-29(10-12-35)19-30(29,31)32;/h3-8,16,24,26,33,37H,2,9-15,17-19H2,1H3;1H/t24-,26?;/m0./s1. The number of anilines is 1. The van der Waals surface area contributed by atoms with Gasteiger partial charge in [-0.1, -0.05) is 24.3 Å². The Morgan fingerprint density at radius 2 is 1.75 bits per heavy atom. The molecule has 2 aromatic carbocycles. The first-order valence-corrected chi connectivity index (χ1v) is 14.0. The molecule has 40 heavy (non-hydrogen) atoms. The van der Waals surface area contributed by atoms with Gasteiger partial charge in [0.25, 0.3) is 17.7 Å². The minimum absolute atomic E-state index is 0. The highest BCUT2D eigenvalue weighted by Gasteiger charge is 2.70. The fourth-order valence-corrected chi connectivity index (χ4v) is 6.59. The third-order valence-corrected chi connectivity index (χ3v) is 9.33. The number of benzene rings is 2. The van der Waals surface area contributed by atoms with Crippen LogP contribution < -0.4 is 10.2 Å². The minimum Gasteiger partial charge on any atom is -0.390 e. The SMILES string of the molecule is CCN1CCN(CC(O)[C@@H]2Cc3ccccc3CN2)C(=O)c2ccc(C(=O)N3CCC4(CC3)CC4(F)F)cc21.Cl. The van der Waals surface area contributed by atoms with Crippen molar-refractivity contribution in [3.8, 4) is 0 Å². The number of rotatable bonds is 5. The lowest BCUT2D eigenvalue weighted by atomic mass is 9.92. The van der Waals surface area contributed by atoms with Crippen molar-refractivity contribution in [1.82, 2.24) is 15.1 Å². The predicted octanol–water partition coefficient (Wildman–Crippen LogP) is 3.73. The summed E-state index contributed by atoms with van der Waals surface area (Å²) in [4.78, 5) is 32.4. The highest BCUT2D eigenvalue weighted by atomic mass is 35.5. The molecule has 2 aromatic rings. The van der Waals surface area contributed by atoms with Crippen molar-refractivity contribution in [1.29, 1.82) is 0 Å². The Morgan fingerprint density at radius 1 is 1.07 bits per heavy atom. The maximum Gasteiger partial charge on any atom is 0.256 e. The van der Waals surface area contributed by atoms with Crippen LogP contribution in [0.4, 0.5) is 14.5 Å². The molecule has 1 aliphatic carbocycles. The summed E-state index contributed by atoms with van der Waals surface area (Å²) >= 11 is 0. The van der Waals surface area contributed by atoms with Gasteiger partial charge in [0.2, 0.25) is 0 Å². The number of amides is 2. The second kappa shape index (κ2) is 10.9. The van der Waals surface area contributed by atoms with E-state index in [1.165, 1.54) is 11.1 Å². The number of alkyl halides is 2. The lowest BCUT2D eigenvalue weighted by Crippen LogP contribution is -2.50. The lowest BCUT2D eigenvalue weighted by Gasteiger charge is -2.33. The molecule has 2 fully saturated rings. The molecule has 3 heterocycles. The summed E-state index contributed by atoms with van der Waals surface area (Å²) in [5, 5.41) is 14.5.